The molecule has 15 nitrogen and oxygen atoms in total. The number of carbonyl (C=O) groups excluding carboxylic acids is 6. The first-order chi connectivity index (χ1) is 27.0. The van der Waals surface area contributed by atoms with Gasteiger partial charge in [-0.05, 0) is 82.7 Å². The lowest BCUT2D eigenvalue weighted by Gasteiger charge is -2.31. The average Bonchev–Trinajstić information content (AvgIpc) is 4.10. The van der Waals surface area contributed by atoms with Crippen LogP contribution < -0.4 is 10.6 Å². The zero-order chi connectivity index (χ0) is 41.1. The summed E-state index contributed by atoms with van der Waals surface area (Å²) >= 11 is 0. The molecule has 0 bridgehead atoms. The number of rotatable bonds is 16. The van der Waals surface area contributed by atoms with E-state index in [1.165, 1.54) is 12.2 Å². The molecule has 0 unspecified atom stereocenters. The van der Waals surface area contributed by atoms with Gasteiger partial charge in [-0.25, -0.2) is 14.4 Å². The van der Waals surface area contributed by atoms with Gasteiger partial charge in [0.25, 0.3) is 0 Å². The summed E-state index contributed by atoms with van der Waals surface area (Å²) in [5.74, 6) is -3.50. The molecule has 1 aromatic rings. The zero-order valence-corrected chi connectivity index (χ0v) is 33.2. The molecule has 0 radical (unpaired) electrons. The van der Waals surface area contributed by atoms with Crippen molar-refractivity contribution in [1.29, 1.82) is 0 Å². The third-order valence-electron chi connectivity index (χ3n) is 10.6. The largest absolute Gasteiger partial charge is 0.462 e. The standard InChI is InChI=1S/C42H54N2O13/c1-40(2,3)56-34(48)17-15-29(22-45)44-32(46)18-19-43-37(49)26-20-30(35-31(21-26)55-42(57-35,27-11-12-27)28-13-14-28)53-38(50)25-9-6-24(7-10-25)8-16-33(47)54-36-39(51)52-23-41(36,4)5/h6-10,16,21,27-31,35-36,45H,11-15,17-20,22-23H2,1-5H3,(H,43,49)(H,44,46)/t29-,30+,31+,35-,36-/m0/s1. The van der Waals surface area contributed by atoms with Crippen molar-refractivity contribution in [1.82, 2.24) is 10.6 Å². The van der Waals surface area contributed by atoms with Gasteiger partial charge in [0.05, 0.1) is 18.2 Å². The molecule has 310 valence electrons. The van der Waals surface area contributed by atoms with Crippen LogP contribution in [-0.4, -0.2) is 102 Å². The fourth-order valence-corrected chi connectivity index (χ4v) is 7.36. The highest BCUT2D eigenvalue weighted by Crippen LogP contribution is 2.59. The number of ether oxygens (including phenoxy) is 6. The van der Waals surface area contributed by atoms with Crippen LogP contribution in [0.5, 0.6) is 0 Å². The number of cyclic esters (lactones) is 1. The minimum absolute atomic E-state index is 0.000162. The van der Waals surface area contributed by atoms with Gasteiger partial charge in [0, 0.05) is 54.7 Å². The SMILES string of the molecule is CC(C)(C)OC(=O)CC[C@@H](CO)NC(=O)CCNC(=O)C1=C[C@H]2OC(C3CC3)(C3CC3)O[C@H]2[C@H](OC(=O)c2ccc(C=CC(=O)O[C@H]3C(=O)OCC3(C)C)cc2)C1. The minimum Gasteiger partial charge on any atom is -0.462 e. The summed E-state index contributed by atoms with van der Waals surface area (Å²) < 4.78 is 35.0. The number of esters is 4. The Morgan fingerprint density at radius 2 is 1.67 bits per heavy atom. The number of aliphatic hydroxyl groups excluding tert-OH is 1. The molecule has 2 aliphatic heterocycles. The lowest BCUT2D eigenvalue weighted by atomic mass is 9.90. The second kappa shape index (κ2) is 17.1. The molecule has 2 saturated carbocycles. The van der Waals surface area contributed by atoms with Crippen molar-refractivity contribution < 1.29 is 62.3 Å². The maximum Gasteiger partial charge on any atom is 0.348 e. The molecule has 1 aromatic carbocycles. The first-order valence-corrected chi connectivity index (χ1v) is 19.8. The molecule has 57 heavy (non-hydrogen) atoms. The van der Waals surface area contributed by atoms with Gasteiger partial charge in [0.2, 0.25) is 17.9 Å². The molecule has 15 heteroatoms. The van der Waals surface area contributed by atoms with Gasteiger partial charge >= 0.3 is 23.9 Å². The quantitative estimate of drug-likeness (QED) is 0.125. The molecule has 3 aliphatic carbocycles. The molecule has 2 saturated heterocycles. The summed E-state index contributed by atoms with van der Waals surface area (Å²) in [4.78, 5) is 76.2. The van der Waals surface area contributed by atoms with E-state index in [0.29, 0.717) is 11.1 Å². The van der Waals surface area contributed by atoms with Gasteiger partial charge in [0.1, 0.15) is 30.5 Å². The van der Waals surface area contributed by atoms with Crippen LogP contribution in [0.2, 0.25) is 0 Å². The van der Waals surface area contributed by atoms with Crippen molar-refractivity contribution in [2.75, 3.05) is 19.8 Å². The second-order valence-corrected chi connectivity index (χ2v) is 17.2. The van der Waals surface area contributed by atoms with Crippen molar-refractivity contribution in [3.05, 3.63) is 53.1 Å². The van der Waals surface area contributed by atoms with E-state index in [-0.39, 0.29) is 62.8 Å². The number of hydrogen-bond acceptors (Lipinski definition) is 13. The lowest BCUT2D eigenvalue weighted by molar-refractivity contribution is -0.209. The lowest BCUT2D eigenvalue weighted by Crippen LogP contribution is -2.44. The van der Waals surface area contributed by atoms with E-state index < -0.39 is 83.0 Å². The predicted molar refractivity (Wildman–Crippen MR) is 202 cm³/mol. The highest BCUT2D eigenvalue weighted by atomic mass is 16.8. The highest BCUT2D eigenvalue weighted by molar-refractivity contribution is 5.95. The van der Waals surface area contributed by atoms with E-state index in [0.717, 1.165) is 25.7 Å². The summed E-state index contributed by atoms with van der Waals surface area (Å²) in [6, 6.07) is 5.74. The summed E-state index contributed by atoms with van der Waals surface area (Å²) in [7, 11) is 0. The van der Waals surface area contributed by atoms with Crippen molar-refractivity contribution >= 4 is 41.8 Å². The zero-order valence-electron chi connectivity index (χ0n) is 33.2. The van der Waals surface area contributed by atoms with Gasteiger partial charge in [-0.15, -0.1) is 0 Å². The van der Waals surface area contributed by atoms with Crippen molar-refractivity contribution in [2.45, 2.75) is 128 Å². The average molecular weight is 795 g/mol. The maximum absolute atomic E-state index is 13.5. The predicted octanol–water partition coefficient (Wildman–Crippen LogP) is 3.46. The molecular weight excluding hydrogens is 740 g/mol. The van der Waals surface area contributed by atoms with Crippen LogP contribution in [0.3, 0.4) is 0 Å². The van der Waals surface area contributed by atoms with E-state index in [1.54, 1.807) is 65.0 Å². The molecule has 0 spiro atoms. The molecule has 5 aliphatic rings. The van der Waals surface area contributed by atoms with E-state index in [1.807, 2.05) is 0 Å². The van der Waals surface area contributed by atoms with E-state index in [2.05, 4.69) is 10.6 Å². The van der Waals surface area contributed by atoms with Crippen LogP contribution in [0.15, 0.2) is 42.0 Å². The number of fused-ring (bicyclic) bond motifs is 1. The van der Waals surface area contributed by atoms with Crippen molar-refractivity contribution in [3.8, 4) is 0 Å². The smallest absolute Gasteiger partial charge is 0.348 e. The van der Waals surface area contributed by atoms with Crippen LogP contribution in [0.1, 0.15) is 102 Å². The Hall–Kier alpha value is -4.60. The number of hydrogen-bond donors (Lipinski definition) is 3. The first-order valence-electron chi connectivity index (χ1n) is 19.8. The first kappa shape index (κ1) is 42.0. The Morgan fingerprint density at radius 1 is 0.982 bits per heavy atom. The molecule has 4 fully saturated rings. The molecule has 2 heterocycles. The molecular formula is C42H54N2O13. The van der Waals surface area contributed by atoms with Crippen LogP contribution in [0.4, 0.5) is 0 Å². The third-order valence-corrected chi connectivity index (χ3v) is 10.6. The van der Waals surface area contributed by atoms with Crippen LogP contribution in [0, 0.1) is 17.3 Å². The Kier molecular flexibility index (Phi) is 12.6. The Balaban J connectivity index is 1.05. The molecule has 2 amide bonds. The molecule has 6 rings (SSSR count). The maximum atomic E-state index is 13.5. The highest BCUT2D eigenvalue weighted by Gasteiger charge is 2.64. The fourth-order valence-electron chi connectivity index (χ4n) is 7.36. The second-order valence-electron chi connectivity index (χ2n) is 17.2. The summed E-state index contributed by atoms with van der Waals surface area (Å²) in [5, 5.41) is 15.2. The summed E-state index contributed by atoms with van der Waals surface area (Å²) in [6.07, 6.45) is 5.46. The summed E-state index contributed by atoms with van der Waals surface area (Å²) in [6.45, 7) is 8.63. The molecule has 0 aromatic heterocycles. The number of nitrogens with one attached hydrogen (secondary N) is 2. The monoisotopic (exact) mass is 794 g/mol. The van der Waals surface area contributed by atoms with Gasteiger partial charge in [-0.2, -0.15) is 0 Å². The van der Waals surface area contributed by atoms with Gasteiger partial charge < -0.3 is 44.2 Å². The van der Waals surface area contributed by atoms with Crippen molar-refractivity contribution in [3.63, 3.8) is 0 Å². The van der Waals surface area contributed by atoms with Crippen LogP contribution >= 0.6 is 0 Å². The summed E-state index contributed by atoms with van der Waals surface area (Å²) in [5.41, 5.74) is -0.0869. The third kappa shape index (κ3) is 10.7. The van der Waals surface area contributed by atoms with E-state index in [4.69, 9.17) is 28.4 Å². The van der Waals surface area contributed by atoms with E-state index >= 15 is 0 Å². The van der Waals surface area contributed by atoms with Gasteiger partial charge in [-0.1, -0.05) is 26.0 Å². The number of benzene rings is 1. The number of amides is 2. The Labute approximate surface area is 332 Å². The molecule has 3 N–H and O–H groups in total. The van der Waals surface area contributed by atoms with Gasteiger partial charge in [0.15, 0.2) is 5.79 Å². The van der Waals surface area contributed by atoms with Crippen molar-refractivity contribution in [2.24, 2.45) is 17.3 Å². The van der Waals surface area contributed by atoms with Crippen LogP contribution in [0.25, 0.3) is 6.08 Å². The van der Waals surface area contributed by atoms with Gasteiger partial charge in [-0.3, -0.25) is 14.4 Å². The molecule has 5 atom stereocenters. The normalized spacial score (nSPS) is 25.4. The van der Waals surface area contributed by atoms with Crippen LogP contribution in [-0.2, 0) is 52.4 Å². The Bertz CT molecular complexity index is 1760. The fraction of sp³-hybridized carbons (Fsp3) is 0.619. The number of aliphatic hydroxyl groups is 1. The van der Waals surface area contributed by atoms with E-state index in [9.17, 15) is 33.9 Å². The Morgan fingerprint density at radius 3 is 2.26 bits per heavy atom. The number of carbonyl (C=O) groups is 6. The minimum atomic E-state index is -0.998. The topological polar surface area (TPSA) is 202 Å².